The Morgan fingerprint density at radius 1 is 1.35 bits per heavy atom. The van der Waals surface area contributed by atoms with Gasteiger partial charge in [0.05, 0.1) is 0 Å². The summed E-state index contributed by atoms with van der Waals surface area (Å²) in [6.45, 7) is 2.78. The van der Waals surface area contributed by atoms with Gasteiger partial charge in [0.15, 0.2) is 0 Å². The molecule has 0 atom stereocenters. The van der Waals surface area contributed by atoms with E-state index in [0.29, 0.717) is 28.4 Å². The van der Waals surface area contributed by atoms with E-state index in [1.54, 1.807) is 12.1 Å². The highest BCUT2D eigenvalue weighted by atomic mass is 35.5. The fourth-order valence-electron chi connectivity index (χ4n) is 2.05. The van der Waals surface area contributed by atoms with Crippen molar-refractivity contribution in [2.24, 2.45) is 5.73 Å². The third kappa shape index (κ3) is 3.32. The lowest BCUT2D eigenvalue weighted by Crippen LogP contribution is -2.25. The Morgan fingerprint density at radius 3 is 2.80 bits per heavy atom. The van der Waals surface area contributed by atoms with Crippen molar-refractivity contribution in [2.75, 3.05) is 13.1 Å². The van der Waals surface area contributed by atoms with Crippen molar-refractivity contribution in [3.63, 3.8) is 0 Å². The second-order valence-corrected chi connectivity index (χ2v) is 7.92. The van der Waals surface area contributed by atoms with Gasteiger partial charge >= 0.3 is 0 Å². The van der Waals surface area contributed by atoms with Gasteiger partial charge in [-0.25, -0.2) is 13.1 Å². The zero-order chi connectivity index (χ0) is 14.8. The summed E-state index contributed by atoms with van der Waals surface area (Å²) < 4.78 is 28.4. The number of unbranched alkanes of at least 4 members (excludes halogenated alkanes) is 1. The van der Waals surface area contributed by atoms with Crippen LogP contribution in [0.25, 0.3) is 10.1 Å². The van der Waals surface area contributed by atoms with Gasteiger partial charge < -0.3 is 5.73 Å². The van der Waals surface area contributed by atoms with Crippen LogP contribution in [-0.4, -0.2) is 21.5 Å². The first-order chi connectivity index (χ1) is 9.45. The van der Waals surface area contributed by atoms with Crippen LogP contribution >= 0.6 is 22.9 Å². The summed E-state index contributed by atoms with van der Waals surface area (Å²) in [7, 11) is -3.51. The molecule has 2 aromatic rings. The third-order valence-electron chi connectivity index (χ3n) is 2.96. The Balaban J connectivity index is 2.35. The molecular formula is C13H17ClN2O2S2. The number of hydrogen-bond donors (Lipinski definition) is 2. The monoisotopic (exact) mass is 332 g/mol. The first kappa shape index (κ1) is 15.7. The van der Waals surface area contributed by atoms with Crippen molar-refractivity contribution in [1.29, 1.82) is 0 Å². The van der Waals surface area contributed by atoms with Crippen molar-refractivity contribution in [1.82, 2.24) is 4.72 Å². The van der Waals surface area contributed by atoms with Crippen molar-refractivity contribution < 1.29 is 8.42 Å². The molecule has 0 fully saturated rings. The summed E-state index contributed by atoms with van der Waals surface area (Å²) in [5, 5.41) is 1.22. The molecule has 110 valence electrons. The lowest BCUT2D eigenvalue weighted by molar-refractivity contribution is 0.578. The highest BCUT2D eigenvalue weighted by Gasteiger charge is 2.22. The van der Waals surface area contributed by atoms with Gasteiger partial charge in [-0.15, -0.1) is 11.3 Å². The number of rotatable bonds is 6. The van der Waals surface area contributed by atoms with Crippen LogP contribution in [0, 0.1) is 6.92 Å². The average molecular weight is 333 g/mol. The van der Waals surface area contributed by atoms with Crippen molar-refractivity contribution >= 4 is 43.0 Å². The Morgan fingerprint density at radius 2 is 2.10 bits per heavy atom. The third-order valence-corrected chi connectivity index (χ3v) is 6.06. The fraction of sp³-hybridized carbons (Fsp3) is 0.385. The number of sulfonamides is 1. The van der Waals surface area contributed by atoms with Crippen molar-refractivity contribution in [3.8, 4) is 0 Å². The van der Waals surface area contributed by atoms with Crippen LogP contribution in [0.15, 0.2) is 23.1 Å². The number of fused-ring (bicyclic) bond motifs is 1. The van der Waals surface area contributed by atoms with Crippen LogP contribution in [-0.2, 0) is 10.0 Å². The molecule has 0 saturated carbocycles. The van der Waals surface area contributed by atoms with E-state index >= 15 is 0 Å². The Bertz CT molecular complexity index is 710. The molecule has 7 heteroatoms. The molecule has 4 nitrogen and oxygen atoms in total. The number of halogens is 1. The predicted octanol–water partition coefficient (Wildman–Crippen LogP) is 2.88. The number of hydrogen-bond acceptors (Lipinski definition) is 4. The number of benzene rings is 1. The normalized spacial score (nSPS) is 12.2. The SMILES string of the molecule is Cc1sc2ccc(Cl)cc2c1S(=O)(=O)NCCCCN. The van der Waals surface area contributed by atoms with Crippen LogP contribution in [0.3, 0.4) is 0 Å². The molecule has 0 amide bonds. The maximum atomic E-state index is 12.4. The number of aryl methyl sites for hydroxylation is 1. The van der Waals surface area contributed by atoms with Gasteiger partial charge in [-0.2, -0.15) is 0 Å². The topological polar surface area (TPSA) is 72.2 Å². The number of nitrogens with one attached hydrogen (secondary N) is 1. The number of nitrogens with two attached hydrogens (primary N) is 1. The molecule has 0 unspecified atom stereocenters. The zero-order valence-electron chi connectivity index (χ0n) is 11.1. The highest BCUT2D eigenvalue weighted by Crippen LogP contribution is 2.35. The molecule has 0 bridgehead atoms. The quantitative estimate of drug-likeness (QED) is 0.799. The van der Waals surface area contributed by atoms with Crippen molar-refractivity contribution in [3.05, 3.63) is 28.1 Å². The van der Waals surface area contributed by atoms with Gasteiger partial charge in [0.2, 0.25) is 10.0 Å². The lowest BCUT2D eigenvalue weighted by atomic mass is 10.2. The summed E-state index contributed by atoms with van der Waals surface area (Å²) in [4.78, 5) is 1.11. The summed E-state index contributed by atoms with van der Waals surface area (Å²) in [6, 6.07) is 5.32. The molecule has 1 aromatic heterocycles. The molecule has 0 spiro atoms. The highest BCUT2D eigenvalue weighted by molar-refractivity contribution is 7.90. The van der Waals surface area contributed by atoms with Crippen LogP contribution < -0.4 is 10.5 Å². The van der Waals surface area contributed by atoms with E-state index < -0.39 is 10.0 Å². The van der Waals surface area contributed by atoms with E-state index in [9.17, 15) is 8.42 Å². The summed E-state index contributed by atoms with van der Waals surface area (Å²) >= 11 is 7.43. The molecule has 0 aliphatic rings. The smallest absolute Gasteiger partial charge is 0.242 e. The van der Waals surface area contributed by atoms with E-state index in [0.717, 1.165) is 22.4 Å². The summed E-state index contributed by atoms with van der Waals surface area (Å²) in [5.74, 6) is 0. The first-order valence-electron chi connectivity index (χ1n) is 6.34. The van der Waals surface area contributed by atoms with Crippen LogP contribution in [0.5, 0.6) is 0 Å². The van der Waals surface area contributed by atoms with E-state index in [2.05, 4.69) is 4.72 Å². The molecule has 0 aliphatic heterocycles. The molecule has 3 N–H and O–H groups in total. The number of thiophene rings is 1. The van der Waals surface area contributed by atoms with Gasteiger partial charge in [-0.1, -0.05) is 11.6 Å². The van der Waals surface area contributed by atoms with Crippen molar-refractivity contribution in [2.45, 2.75) is 24.7 Å². The molecule has 0 saturated heterocycles. The Hall–Kier alpha value is -0.660. The van der Waals surface area contributed by atoms with E-state index in [1.165, 1.54) is 11.3 Å². The minimum atomic E-state index is -3.51. The lowest BCUT2D eigenvalue weighted by Gasteiger charge is -2.07. The Labute approximate surface area is 128 Å². The minimum Gasteiger partial charge on any atom is -0.330 e. The second-order valence-electron chi connectivity index (χ2n) is 4.52. The summed E-state index contributed by atoms with van der Waals surface area (Å²) in [6.07, 6.45) is 1.54. The van der Waals surface area contributed by atoms with Gasteiger partial charge in [0.1, 0.15) is 4.90 Å². The maximum Gasteiger partial charge on any atom is 0.242 e. The zero-order valence-corrected chi connectivity index (χ0v) is 13.5. The van der Waals surface area contributed by atoms with Gasteiger partial charge in [0, 0.05) is 26.5 Å². The van der Waals surface area contributed by atoms with Gasteiger partial charge in [0.25, 0.3) is 0 Å². The minimum absolute atomic E-state index is 0.341. The van der Waals surface area contributed by atoms with Crippen LogP contribution in [0.4, 0.5) is 0 Å². The van der Waals surface area contributed by atoms with Gasteiger partial charge in [-0.3, -0.25) is 0 Å². The summed E-state index contributed by atoms with van der Waals surface area (Å²) in [5.41, 5.74) is 5.40. The molecule has 1 heterocycles. The standard InChI is InChI=1S/C13H17ClN2O2S2/c1-9-13(20(17,18)16-7-3-2-6-15)11-8-10(14)4-5-12(11)19-9/h4-5,8,16H,2-3,6-7,15H2,1H3. The van der Waals surface area contributed by atoms with Gasteiger partial charge in [-0.05, 0) is 44.5 Å². The van der Waals surface area contributed by atoms with E-state index in [-0.39, 0.29) is 0 Å². The molecule has 1 aromatic carbocycles. The molecule has 20 heavy (non-hydrogen) atoms. The fourth-order valence-corrected chi connectivity index (χ4v) is 5.08. The average Bonchev–Trinajstić information content (AvgIpc) is 2.70. The Kier molecular flexibility index (Phi) is 5.04. The molecule has 2 rings (SSSR count). The largest absolute Gasteiger partial charge is 0.330 e. The van der Waals surface area contributed by atoms with E-state index in [4.69, 9.17) is 17.3 Å². The van der Waals surface area contributed by atoms with E-state index in [1.807, 2.05) is 13.0 Å². The maximum absolute atomic E-state index is 12.4. The predicted molar refractivity (Wildman–Crippen MR) is 85.0 cm³/mol. The molecule has 0 aliphatic carbocycles. The second kappa shape index (κ2) is 6.41. The molecular weight excluding hydrogens is 316 g/mol. The first-order valence-corrected chi connectivity index (χ1v) is 9.02. The van der Waals surface area contributed by atoms with Crippen LogP contribution in [0.1, 0.15) is 17.7 Å². The van der Waals surface area contributed by atoms with Crippen LogP contribution in [0.2, 0.25) is 5.02 Å². The molecule has 0 radical (unpaired) electrons.